The lowest BCUT2D eigenvalue weighted by atomic mass is 10.3. The van der Waals surface area contributed by atoms with Crippen molar-refractivity contribution in [3.63, 3.8) is 0 Å². The van der Waals surface area contributed by atoms with E-state index in [1.807, 2.05) is 19.1 Å². The summed E-state index contributed by atoms with van der Waals surface area (Å²) in [7, 11) is 0. The Morgan fingerprint density at radius 3 is 2.33 bits per heavy atom. The number of anilines is 1. The second-order valence-corrected chi connectivity index (χ2v) is 5.71. The van der Waals surface area contributed by atoms with E-state index in [2.05, 4.69) is 51.7 Å². The summed E-state index contributed by atoms with van der Waals surface area (Å²) in [5, 5.41) is 5.54. The van der Waals surface area contributed by atoms with Crippen molar-refractivity contribution in [1.82, 2.24) is 0 Å². The quantitative estimate of drug-likeness (QED) is 0.877. The van der Waals surface area contributed by atoms with Crippen molar-refractivity contribution < 1.29 is 0 Å². The van der Waals surface area contributed by atoms with Gasteiger partial charge in [0.1, 0.15) is 0 Å². The summed E-state index contributed by atoms with van der Waals surface area (Å²) in [5.74, 6) is 0. The fourth-order valence-corrected chi connectivity index (χ4v) is 2.45. The van der Waals surface area contributed by atoms with E-state index >= 15 is 0 Å². The molecular weight excluding hydrogens is 308 g/mol. The number of rotatable bonds is 3. The third kappa shape index (κ3) is 5.21. The summed E-state index contributed by atoms with van der Waals surface area (Å²) in [5.41, 5.74) is 7.37. The predicted octanol–water partition coefficient (Wildman–Crippen LogP) is 4.40. The Morgan fingerprint density at radius 1 is 1.22 bits per heavy atom. The minimum absolute atomic E-state index is 0.750. The lowest BCUT2D eigenvalue weighted by Crippen LogP contribution is -1.98. The van der Waals surface area contributed by atoms with Crippen LogP contribution in [-0.4, -0.2) is 6.54 Å². The second-order valence-electron chi connectivity index (χ2n) is 3.80. The van der Waals surface area contributed by atoms with Crippen LogP contribution in [0.4, 0.5) is 5.69 Å². The molecule has 0 aliphatic carbocycles. The summed E-state index contributed by atoms with van der Waals surface area (Å²) in [6, 6.07) is 10.4. The molecule has 0 radical (unpaired) electrons. The summed E-state index contributed by atoms with van der Waals surface area (Å²) >= 11 is 5.22. The highest BCUT2D eigenvalue weighted by molar-refractivity contribution is 9.10. The summed E-state index contributed by atoms with van der Waals surface area (Å²) in [6.45, 7) is 5.71. The van der Waals surface area contributed by atoms with Crippen LogP contribution in [0.3, 0.4) is 0 Å². The Balaban J connectivity index is 0.000000492. The maximum Gasteiger partial charge on any atom is 0.0496 e. The zero-order chi connectivity index (χ0) is 13.4. The molecule has 18 heavy (non-hydrogen) atoms. The topological polar surface area (TPSA) is 38.0 Å². The van der Waals surface area contributed by atoms with Gasteiger partial charge in [-0.1, -0.05) is 22.9 Å². The Kier molecular flexibility index (Phi) is 7.01. The van der Waals surface area contributed by atoms with E-state index in [0.29, 0.717) is 0 Å². The van der Waals surface area contributed by atoms with Gasteiger partial charge in [0.05, 0.1) is 0 Å². The van der Waals surface area contributed by atoms with Gasteiger partial charge < -0.3 is 11.1 Å². The van der Waals surface area contributed by atoms with Crippen molar-refractivity contribution in [2.24, 2.45) is 5.73 Å². The molecule has 4 heteroatoms. The van der Waals surface area contributed by atoms with Crippen LogP contribution >= 0.6 is 27.3 Å². The second kappa shape index (κ2) is 8.29. The number of aryl methyl sites for hydroxylation is 1. The van der Waals surface area contributed by atoms with Crippen LogP contribution in [0.5, 0.6) is 0 Å². The molecule has 2 rings (SSSR count). The first kappa shape index (κ1) is 15.2. The molecule has 0 spiro atoms. The van der Waals surface area contributed by atoms with Crippen LogP contribution in [0.15, 0.2) is 40.2 Å². The number of hydrogen-bond donors (Lipinski definition) is 2. The fourth-order valence-electron chi connectivity index (χ4n) is 1.34. The number of benzene rings is 1. The molecule has 0 amide bonds. The molecule has 2 nitrogen and oxygen atoms in total. The van der Waals surface area contributed by atoms with E-state index in [0.717, 1.165) is 23.2 Å². The van der Waals surface area contributed by atoms with Gasteiger partial charge in [-0.15, -0.1) is 11.3 Å². The van der Waals surface area contributed by atoms with Gasteiger partial charge in [-0.05, 0) is 54.7 Å². The lowest BCUT2D eigenvalue weighted by Gasteiger charge is -2.05. The number of hydrogen-bond acceptors (Lipinski definition) is 3. The van der Waals surface area contributed by atoms with Gasteiger partial charge in [-0.2, -0.15) is 0 Å². The van der Waals surface area contributed by atoms with Crippen LogP contribution in [-0.2, 0) is 6.54 Å². The van der Waals surface area contributed by atoms with E-state index < -0.39 is 0 Å². The standard InChI is InChI=1S/C12H12BrNS.C2H7N/c1-9-6-7-15-12(9)8-14-11-4-2-10(13)3-5-11;1-2-3/h2-7,14H,8H2,1H3;2-3H2,1H3. The molecule has 0 atom stereocenters. The monoisotopic (exact) mass is 326 g/mol. The van der Waals surface area contributed by atoms with Crippen molar-refractivity contribution in [3.05, 3.63) is 50.6 Å². The van der Waals surface area contributed by atoms with E-state index in [1.54, 1.807) is 11.3 Å². The van der Waals surface area contributed by atoms with Gasteiger partial charge in [-0.3, -0.25) is 0 Å². The maximum atomic E-state index is 4.85. The fraction of sp³-hybridized carbons (Fsp3) is 0.286. The zero-order valence-electron chi connectivity index (χ0n) is 10.7. The van der Waals surface area contributed by atoms with Crippen LogP contribution in [0, 0.1) is 6.92 Å². The minimum atomic E-state index is 0.750. The highest BCUT2D eigenvalue weighted by Crippen LogP contribution is 2.19. The first-order valence-corrected chi connectivity index (χ1v) is 7.57. The first-order valence-electron chi connectivity index (χ1n) is 5.89. The predicted molar refractivity (Wildman–Crippen MR) is 85.3 cm³/mol. The average molecular weight is 327 g/mol. The molecule has 0 saturated heterocycles. The van der Waals surface area contributed by atoms with Gasteiger partial charge in [0.25, 0.3) is 0 Å². The van der Waals surface area contributed by atoms with Gasteiger partial charge >= 0.3 is 0 Å². The molecule has 0 unspecified atom stereocenters. The van der Waals surface area contributed by atoms with Crippen molar-refractivity contribution >= 4 is 33.0 Å². The molecule has 0 bridgehead atoms. The molecule has 2 aromatic rings. The van der Waals surface area contributed by atoms with Gasteiger partial charge in [-0.25, -0.2) is 0 Å². The first-order chi connectivity index (χ1) is 8.67. The van der Waals surface area contributed by atoms with Gasteiger partial charge in [0.2, 0.25) is 0 Å². The Labute approximate surface area is 121 Å². The highest BCUT2D eigenvalue weighted by Gasteiger charge is 1.99. The van der Waals surface area contributed by atoms with Gasteiger partial charge in [0.15, 0.2) is 0 Å². The zero-order valence-corrected chi connectivity index (χ0v) is 13.1. The van der Waals surface area contributed by atoms with Crippen LogP contribution in [0.1, 0.15) is 17.4 Å². The Morgan fingerprint density at radius 2 is 1.83 bits per heavy atom. The third-order valence-electron chi connectivity index (χ3n) is 2.27. The van der Waals surface area contributed by atoms with Crippen LogP contribution in [0.2, 0.25) is 0 Å². The Bertz CT molecular complexity index is 451. The summed E-state index contributed by atoms with van der Waals surface area (Å²) in [4.78, 5) is 1.40. The molecule has 1 aromatic carbocycles. The molecule has 1 aromatic heterocycles. The van der Waals surface area contributed by atoms with Gasteiger partial charge in [0, 0.05) is 21.6 Å². The SMILES string of the molecule is CCN.Cc1ccsc1CNc1ccc(Br)cc1. The van der Waals surface area contributed by atoms with E-state index in [9.17, 15) is 0 Å². The number of halogens is 1. The minimum Gasteiger partial charge on any atom is -0.380 e. The largest absolute Gasteiger partial charge is 0.380 e. The van der Waals surface area contributed by atoms with E-state index in [4.69, 9.17) is 5.73 Å². The average Bonchev–Trinajstić information content (AvgIpc) is 2.75. The van der Waals surface area contributed by atoms with E-state index in [-0.39, 0.29) is 0 Å². The molecule has 0 aliphatic rings. The Hall–Kier alpha value is -0.840. The lowest BCUT2D eigenvalue weighted by molar-refractivity contribution is 1.14. The molecular formula is C14H19BrN2S. The van der Waals surface area contributed by atoms with Crippen LogP contribution in [0.25, 0.3) is 0 Å². The summed E-state index contributed by atoms with van der Waals surface area (Å²) < 4.78 is 1.11. The smallest absolute Gasteiger partial charge is 0.0496 e. The third-order valence-corrected chi connectivity index (χ3v) is 3.82. The number of thiophene rings is 1. The molecule has 98 valence electrons. The van der Waals surface area contributed by atoms with Crippen molar-refractivity contribution in [1.29, 1.82) is 0 Å². The maximum absolute atomic E-state index is 4.85. The van der Waals surface area contributed by atoms with Crippen LogP contribution < -0.4 is 11.1 Å². The highest BCUT2D eigenvalue weighted by atomic mass is 79.9. The normalized spacial score (nSPS) is 9.56. The van der Waals surface area contributed by atoms with Crippen molar-refractivity contribution in [2.75, 3.05) is 11.9 Å². The molecule has 1 heterocycles. The number of nitrogens with two attached hydrogens (primary N) is 1. The summed E-state index contributed by atoms with van der Waals surface area (Å²) in [6.07, 6.45) is 0. The van der Waals surface area contributed by atoms with E-state index in [1.165, 1.54) is 10.4 Å². The molecule has 0 fully saturated rings. The molecule has 3 N–H and O–H groups in total. The molecule has 0 aliphatic heterocycles. The molecule has 0 saturated carbocycles. The van der Waals surface area contributed by atoms with Crippen molar-refractivity contribution in [2.45, 2.75) is 20.4 Å². The number of nitrogens with one attached hydrogen (secondary N) is 1. The van der Waals surface area contributed by atoms with Crippen molar-refractivity contribution in [3.8, 4) is 0 Å².